The number of rotatable bonds is 2. The predicted octanol–water partition coefficient (Wildman–Crippen LogP) is 1.50. The van der Waals surface area contributed by atoms with Crippen molar-refractivity contribution in [2.45, 2.75) is 6.54 Å². The molecule has 98 valence electrons. The van der Waals surface area contributed by atoms with Crippen molar-refractivity contribution in [3.8, 4) is 0 Å². The van der Waals surface area contributed by atoms with Crippen LogP contribution in [0.15, 0.2) is 29.3 Å². The molecule has 0 bridgehead atoms. The van der Waals surface area contributed by atoms with Crippen molar-refractivity contribution in [3.05, 3.63) is 34.9 Å². The predicted molar refractivity (Wildman–Crippen MR) is 76.2 cm³/mol. The lowest BCUT2D eigenvalue weighted by Gasteiger charge is -2.17. The van der Waals surface area contributed by atoms with Crippen LogP contribution >= 0.6 is 11.6 Å². The molecule has 0 saturated carbocycles. The maximum absolute atomic E-state index is 7.76. The van der Waals surface area contributed by atoms with E-state index in [0.717, 1.165) is 5.56 Å². The summed E-state index contributed by atoms with van der Waals surface area (Å²) in [6, 6.07) is 7.52. The van der Waals surface area contributed by atoms with Gasteiger partial charge < -0.3 is 10.2 Å². The fourth-order valence-corrected chi connectivity index (χ4v) is 1.57. The van der Waals surface area contributed by atoms with Gasteiger partial charge in [0.25, 0.3) is 0 Å². The van der Waals surface area contributed by atoms with E-state index in [1.165, 1.54) is 0 Å². The fraction of sp³-hybridized carbons (Fsp3) is 0.333. The van der Waals surface area contributed by atoms with E-state index in [-0.39, 0.29) is 5.96 Å². The Balaban J connectivity index is 2.47. The average molecular weight is 268 g/mol. The summed E-state index contributed by atoms with van der Waals surface area (Å²) in [6.07, 6.45) is 0. The van der Waals surface area contributed by atoms with E-state index >= 15 is 0 Å². The molecule has 0 aliphatic heterocycles. The van der Waals surface area contributed by atoms with E-state index in [2.05, 4.69) is 15.6 Å². The summed E-state index contributed by atoms with van der Waals surface area (Å²) < 4.78 is 0. The van der Waals surface area contributed by atoms with E-state index in [1.54, 1.807) is 11.9 Å². The quantitative estimate of drug-likeness (QED) is 0.562. The van der Waals surface area contributed by atoms with Crippen LogP contribution < -0.4 is 10.6 Å². The first-order valence-electron chi connectivity index (χ1n) is 5.51. The summed E-state index contributed by atoms with van der Waals surface area (Å²) in [5.41, 5.74) is 1.02. The maximum atomic E-state index is 7.76. The Bertz CT molecular complexity index is 442. The molecular formula is C12H18ClN5. The molecule has 6 heteroatoms. The molecule has 0 aliphatic rings. The molecule has 3 N–H and O–H groups in total. The summed E-state index contributed by atoms with van der Waals surface area (Å²) in [4.78, 5) is 5.83. The molecule has 1 aromatic carbocycles. The van der Waals surface area contributed by atoms with Gasteiger partial charge >= 0.3 is 0 Å². The molecule has 0 radical (unpaired) electrons. The minimum Gasteiger partial charge on any atom is -0.352 e. The van der Waals surface area contributed by atoms with E-state index in [0.29, 0.717) is 17.5 Å². The summed E-state index contributed by atoms with van der Waals surface area (Å²) in [5.74, 6) is 0.822. The second-order valence-corrected chi connectivity index (χ2v) is 4.36. The van der Waals surface area contributed by atoms with Gasteiger partial charge in [0, 0.05) is 32.7 Å². The van der Waals surface area contributed by atoms with Gasteiger partial charge in [0.15, 0.2) is 11.9 Å². The largest absolute Gasteiger partial charge is 0.352 e. The van der Waals surface area contributed by atoms with E-state index in [9.17, 15) is 0 Å². The summed E-state index contributed by atoms with van der Waals surface area (Å²) in [7, 11) is 5.39. The van der Waals surface area contributed by atoms with Gasteiger partial charge in [-0.25, -0.2) is 0 Å². The zero-order chi connectivity index (χ0) is 13.5. The molecule has 0 unspecified atom stereocenters. The Hall–Kier alpha value is -1.75. The van der Waals surface area contributed by atoms with Crippen molar-refractivity contribution in [2.75, 3.05) is 21.1 Å². The Labute approximate surface area is 112 Å². The molecule has 0 aromatic heterocycles. The lowest BCUT2D eigenvalue weighted by atomic mass is 10.2. The first-order chi connectivity index (χ1) is 8.52. The van der Waals surface area contributed by atoms with Crippen LogP contribution in [0.25, 0.3) is 0 Å². The SMILES string of the molecule is C/N=C(/NC(=N)NCc1cccc(Cl)c1)N(C)C. The Morgan fingerprint density at radius 1 is 1.44 bits per heavy atom. The van der Waals surface area contributed by atoms with Crippen molar-refractivity contribution >= 4 is 23.5 Å². The number of halogens is 1. The molecule has 0 aliphatic carbocycles. The number of hydrogen-bond donors (Lipinski definition) is 3. The van der Waals surface area contributed by atoms with Gasteiger partial charge in [-0.15, -0.1) is 0 Å². The van der Waals surface area contributed by atoms with Crippen LogP contribution in [-0.2, 0) is 6.54 Å². The van der Waals surface area contributed by atoms with Gasteiger partial charge in [-0.3, -0.25) is 15.7 Å². The highest BCUT2D eigenvalue weighted by Crippen LogP contribution is 2.09. The van der Waals surface area contributed by atoms with Crippen LogP contribution in [0.1, 0.15) is 5.56 Å². The van der Waals surface area contributed by atoms with Crippen LogP contribution in [0, 0.1) is 5.41 Å². The number of guanidine groups is 2. The van der Waals surface area contributed by atoms with Crippen LogP contribution in [-0.4, -0.2) is 38.0 Å². The Morgan fingerprint density at radius 2 is 2.17 bits per heavy atom. The van der Waals surface area contributed by atoms with E-state index in [4.69, 9.17) is 17.0 Å². The zero-order valence-corrected chi connectivity index (χ0v) is 11.5. The van der Waals surface area contributed by atoms with Gasteiger partial charge in [0.1, 0.15) is 0 Å². The standard InChI is InChI=1S/C12H18ClN5/c1-15-12(18(2)3)17-11(14)16-8-9-5-4-6-10(13)7-9/h4-7H,8H2,1-3H3,(H3,14,15,16,17). The van der Waals surface area contributed by atoms with Gasteiger partial charge in [-0.05, 0) is 17.7 Å². The molecule has 0 saturated heterocycles. The third-order valence-electron chi connectivity index (χ3n) is 2.23. The summed E-state index contributed by atoms with van der Waals surface area (Å²) in [5, 5.41) is 14.3. The molecule has 0 spiro atoms. The van der Waals surface area contributed by atoms with Crippen molar-refractivity contribution in [1.29, 1.82) is 5.41 Å². The molecular weight excluding hydrogens is 250 g/mol. The number of aliphatic imine (C=N–C) groups is 1. The highest BCUT2D eigenvalue weighted by molar-refractivity contribution is 6.30. The Kier molecular flexibility index (Phi) is 5.45. The smallest absolute Gasteiger partial charge is 0.199 e. The molecule has 0 atom stereocenters. The zero-order valence-electron chi connectivity index (χ0n) is 10.8. The second-order valence-electron chi connectivity index (χ2n) is 3.93. The van der Waals surface area contributed by atoms with Crippen LogP contribution in [0.3, 0.4) is 0 Å². The molecule has 0 heterocycles. The van der Waals surface area contributed by atoms with Gasteiger partial charge in [0.2, 0.25) is 0 Å². The first-order valence-corrected chi connectivity index (χ1v) is 5.88. The number of benzene rings is 1. The first kappa shape index (κ1) is 14.3. The fourth-order valence-electron chi connectivity index (χ4n) is 1.36. The van der Waals surface area contributed by atoms with E-state index < -0.39 is 0 Å². The number of nitrogens with one attached hydrogen (secondary N) is 3. The maximum Gasteiger partial charge on any atom is 0.199 e. The van der Waals surface area contributed by atoms with Crippen LogP contribution in [0.4, 0.5) is 0 Å². The topological polar surface area (TPSA) is 63.5 Å². The van der Waals surface area contributed by atoms with Gasteiger partial charge in [0.05, 0.1) is 0 Å². The average Bonchev–Trinajstić information content (AvgIpc) is 2.33. The van der Waals surface area contributed by atoms with Crippen LogP contribution in [0.2, 0.25) is 5.02 Å². The molecule has 5 nitrogen and oxygen atoms in total. The molecule has 0 fully saturated rings. The van der Waals surface area contributed by atoms with Gasteiger partial charge in [-0.2, -0.15) is 0 Å². The lowest BCUT2D eigenvalue weighted by molar-refractivity contribution is 0.601. The van der Waals surface area contributed by atoms with Crippen molar-refractivity contribution < 1.29 is 0 Å². The normalized spacial score (nSPS) is 11.0. The summed E-state index contributed by atoms with van der Waals surface area (Å²) in [6.45, 7) is 0.539. The van der Waals surface area contributed by atoms with Crippen LogP contribution in [0.5, 0.6) is 0 Å². The minimum atomic E-state index is 0.198. The van der Waals surface area contributed by atoms with Crippen molar-refractivity contribution in [2.24, 2.45) is 4.99 Å². The second kappa shape index (κ2) is 6.86. The van der Waals surface area contributed by atoms with Crippen molar-refractivity contribution in [3.63, 3.8) is 0 Å². The molecule has 1 aromatic rings. The monoisotopic (exact) mass is 267 g/mol. The lowest BCUT2D eigenvalue weighted by Crippen LogP contribution is -2.45. The number of nitrogens with zero attached hydrogens (tertiary/aromatic N) is 2. The third-order valence-corrected chi connectivity index (χ3v) is 2.47. The molecule has 1 rings (SSSR count). The highest BCUT2D eigenvalue weighted by atomic mass is 35.5. The third kappa shape index (κ3) is 4.63. The van der Waals surface area contributed by atoms with Gasteiger partial charge in [-0.1, -0.05) is 23.7 Å². The van der Waals surface area contributed by atoms with Crippen molar-refractivity contribution in [1.82, 2.24) is 15.5 Å². The highest BCUT2D eigenvalue weighted by Gasteiger charge is 2.03. The minimum absolute atomic E-state index is 0.198. The molecule has 0 amide bonds. The van der Waals surface area contributed by atoms with E-state index in [1.807, 2.05) is 38.4 Å². The Morgan fingerprint density at radius 3 is 2.72 bits per heavy atom. The number of hydrogen-bond acceptors (Lipinski definition) is 2. The summed E-state index contributed by atoms with van der Waals surface area (Å²) >= 11 is 5.89. The molecule has 18 heavy (non-hydrogen) atoms.